The molecule has 0 unspecified atom stereocenters. The lowest BCUT2D eigenvalue weighted by atomic mass is 10.2. The number of urea groups is 1. The van der Waals surface area contributed by atoms with Crippen molar-refractivity contribution >= 4 is 35.3 Å². The molecule has 1 aromatic carbocycles. The van der Waals surface area contributed by atoms with E-state index in [-0.39, 0.29) is 10.6 Å². The third kappa shape index (κ3) is 6.15. The van der Waals surface area contributed by atoms with E-state index < -0.39 is 28.7 Å². The summed E-state index contributed by atoms with van der Waals surface area (Å²) in [6.45, 7) is 2.29. The van der Waals surface area contributed by atoms with Gasteiger partial charge in [-0.1, -0.05) is 18.5 Å². The molecule has 22 heavy (non-hydrogen) atoms. The monoisotopic (exact) mass is 354 g/mol. The Balaban J connectivity index is 2.58. The molecule has 4 nitrogen and oxygen atoms in total. The van der Waals surface area contributed by atoms with E-state index in [1.54, 1.807) is 0 Å². The largest absolute Gasteiger partial charge is 0.417 e. The van der Waals surface area contributed by atoms with Gasteiger partial charge in [-0.15, -0.1) is 11.8 Å². The van der Waals surface area contributed by atoms with Crippen molar-refractivity contribution in [2.24, 2.45) is 0 Å². The van der Waals surface area contributed by atoms with Gasteiger partial charge in [0, 0.05) is 11.4 Å². The average Bonchev–Trinajstić information content (AvgIpc) is 2.43. The SMILES string of the molecule is CCCNC(=O)NC(=O)CSc1ccc(Cl)c(C(F)(F)F)c1. The molecule has 0 atom stereocenters. The van der Waals surface area contributed by atoms with Crippen LogP contribution in [0.1, 0.15) is 18.9 Å². The number of halogens is 4. The number of rotatable bonds is 5. The molecular weight excluding hydrogens is 341 g/mol. The number of amides is 3. The van der Waals surface area contributed by atoms with Crippen molar-refractivity contribution in [3.05, 3.63) is 28.8 Å². The van der Waals surface area contributed by atoms with E-state index in [2.05, 4.69) is 10.6 Å². The molecule has 0 saturated heterocycles. The fourth-order valence-corrected chi connectivity index (χ4v) is 2.37. The normalized spacial score (nSPS) is 11.1. The van der Waals surface area contributed by atoms with Crippen LogP contribution in [0.25, 0.3) is 0 Å². The first-order valence-electron chi connectivity index (χ1n) is 6.31. The van der Waals surface area contributed by atoms with Gasteiger partial charge < -0.3 is 5.32 Å². The highest BCUT2D eigenvalue weighted by Gasteiger charge is 2.33. The Morgan fingerprint density at radius 3 is 2.59 bits per heavy atom. The number of benzene rings is 1. The smallest absolute Gasteiger partial charge is 0.338 e. The minimum Gasteiger partial charge on any atom is -0.338 e. The van der Waals surface area contributed by atoms with Gasteiger partial charge in [0.2, 0.25) is 5.91 Å². The molecule has 0 aliphatic carbocycles. The van der Waals surface area contributed by atoms with Gasteiger partial charge in [-0.05, 0) is 24.6 Å². The number of carbonyl (C=O) groups is 2. The first-order chi connectivity index (χ1) is 10.2. The molecule has 0 aromatic heterocycles. The van der Waals surface area contributed by atoms with Crippen molar-refractivity contribution < 1.29 is 22.8 Å². The van der Waals surface area contributed by atoms with Crippen LogP contribution in [0.4, 0.5) is 18.0 Å². The summed E-state index contributed by atoms with van der Waals surface area (Å²) in [6, 6.07) is 2.75. The maximum atomic E-state index is 12.7. The van der Waals surface area contributed by atoms with Crippen LogP contribution in [0.5, 0.6) is 0 Å². The fraction of sp³-hybridized carbons (Fsp3) is 0.385. The van der Waals surface area contributed by atoms with E-state index in [0.717, 1.165) is 30.3 Å². The molecule has 2 N–H and O–H groups in total. The quantitative estimate of drug-likeness (QED) is 0.793. The summed E-state index contributed by atoms with van der Waals surface area (Å²) in [4.78, 5) is 23.0. The fourth-order valence-electron chi connectivity index (χ4n) is 1.41. The van der Waals surface area contributed by atoms with Gasteiger partial charge in [0.15, 0.2) is 0 Å². The standard InChI is InChI=1S/C13H14ClF3N2O2S/c1-2-5-18-12(21)19-11(20)7-22-8-3-4-10(14)9(6-8)13(15,16)17/h3-4,6H,2,5,7H2,1H3,(H2,18,19,20,21). The second-order valence-electron chi connectivity index (χ2n) is 4.23. The third-order valence-electron chi connectivity index (χ3n) is 2.40. The zero-order chi connectivity index (χ0) is 16.8. The minimum atomic E-state index is -4.56. The summed E-state index contributed by atoms with van der Waals surface area (Å²) in [7, 11) is 0. The molecule has 0 radical (unpaired) electrons. The number of thioether (sulfide) groups is 1. The maximum absolute atomic E-state index is 12.7. The minimum absolute atomic E-state index is 0.182. The van der Waals surface area contributed by atoms with Crippen LogP contribution in [0.15, 0.2) is 23.1 Å². The molecule has 122 valence electrons. The predicted molar refractivity (Wildman–Crippen MR) is 79.0 cm³/mol. The van der Waals surface area contributed by atoms with Gasteiger partial charge in [-0.3, -0.25) is 10.1 Å². The number of alkyl halides is 3. The molecule has 0 fully saturated rings. The summed E-state index contributed by atoms with van der Waals surface area (Å²) in [5.41, 5.74) is -0.958. The molecule has 3 amide bonds. The zero-order valence-electron chi connectivity index (χ0n) is 11.6. The second-order valence-corrected chi connectivity index (χ2v) is 5.69. The topological polar surface area (TPSA) is 58.2 Å². The van der Waals surface area contributed by atoms with Crippen LogP contribution in [-0.4, -0.2) is 24.2 Å². The summed E-state index contributed by atoms with van der Waals surface area (Å²) in [5.74, 6) is -0.777. The summed E-state index contributed by atoms with van der Waals surface area (Å²) in [5, 5.41) is 4.13. The van der Waals surface area contributed by atoms with Gasteiger partial charge >= 0.3 is 12.2 Å². The zero-order valence-corrected chi connectivity index (χ0v) is 13.2. The van der Waals surface area contributed by atoms with E-state index in [0.29, 0.717) is 6.54 Å². The molecule has 9 heteroatoms. The van der Waals surface area contributed by atoms with E-state index >= 15 is 0 Å². The molecule has 0 spiro atoms. The first kappa shape index (κ1) is 18.6. The lowest BCUT2D eigenvalue weighted by Gasteiger charge is -2.10. The summed E-state index contributed by atoms with van der Waals surface area (Å²) in [6.07, 6.45) is -3.84. The van der Waals surface area contributed by atoms with Crippen molar-refractivity contribution in [1.29, 1.82) is 0 Å². The first-order valence-corrected chi connectivity index (χ1v) is 7.67. The molecule has 0 aliphatic heterocycles. The third-order valence-corrected chi connectivity index (χ3v) is 3.73. The van der Waals surface area contributed by atoms with Gasteiger partial charge in [0.1, 0.15) is 0 Å². The van der Waals surface area contributed by atoms with Gasteiger partial charge in [0.05, 0.1) is 16.3 Å². The number of hydrogen-bond acceptors (Lipinski definition) is 3. The van der Waals surface area contributed by atoms with Gasteiger partial charge in [0.25, 0.3) is 0 Å². The lowest BCUT2D eigenvalue weighted by molar-refractivity contribution is -0.137. The van der Waals surface area contributed by atoms with Crippen LogP contribution >= 0.6 is 23.4 Å². The Morgan fingerprint density at radius 1 is 1.32 bits per heavy atom. The van der Waals surface area contributed by atoms with Crippen molar-refractivity contribution in [2.75, 3.05) is 12.3 Å². The highest BCUT2D eigenvalue weighted by Crippen LogP contribution is 2.36. The van der Waals surface area contributed by atoms with E-state index in [1.807, 2.05) is 6.92 Å². The van der Waals surface area contributed by atoms with Gasteiger partial charge in [-0.2, -0.15) is 13.2 Å². The highest BCUT2D eigenvalue weighted by atomic mass is 35.5. The summed E-state index contributed by atoms with van der Waals surface area (Å²) >= 11 is 6.38. The van der Waals surface area contributed by atoms with Crippen molar-refractivity contribution in [2.45, 2.75) is 24.4 Å². The van der Waals surface area contributed by atoms with E-state index in [9.17, 15) is 22.8 Å². The maximum Gasteiger partial charge on any atom is 0.417 e. The average molecular weight is 355 g/mol. The Morgan fingerprint density at radius 2 is 2.00 bits per heavy atom. The number of hydrogen-bond donors (Lipinski definition) is 2. The Labute approximate surface area is 134 Å². The molecule has 0 saturated carbocycles. The Kier molecular flexibility index (Phi) is 7.02. The van der Waals surface area contributed by atoms with E-state index in [1.165, 1.54) is 6.07 Å². The molecule has 1 rings (SSSR count). The van der Waals surface area contributed by atoms with E-state index in [4.69, 9.17) is 11.6 Å². The van der Waals surface area contributed by atoms with Gasteiger partial charge in [-0.25, -0.2) is 4.79 Å². The van der Waals surface area contributed by atoms with Crippen LogP contribution in [0.2, 0.25) is 5.02 Å². The van der Waals surface area contributed by atoms with Crippen molar-refractivity contribution in [1.82, 2.24) is 10.6 Å². The molecule has 0 bridgehead atoms. The van der Waals surface area contributed by atoms with Crippen LogP contribution in [-0.2, 0) is 11.0 Å². The van der Waals surface area contributed by atoms with Crippen molar-refractivity contribution in [3.63, 3.8) is 0 Å². The van der Waals surface area contributed by atoms with Crippen molar-refractivity contribution in [3.8, 4) is 0 Å². The molecule has 0 heterocycles. The Hall–Kier alpha value is -1.41. The second kappa shape index (κ2) is 8.28. The van der Waals surface area contributed by atoms with Crippen LogP contribution in [0.3, 0.4) is 0 Å². The molecular formula is C13H14ClF3N2O2S. The lowest BCUT2D eigenvalue weighted by Crippen LogP contribution is -2.40. The summed E-state index contributed by atoms with van der Waals surface area (Å²) < 4.78 is 38.1. The number of nitrogens with one attached hydrogen (secondary N) is 2. The highest BCUT2D eigenvalue weighted by molar-refractivity contribution is 8.00. The Bertz CT molecular complexity index is 553. The number of imide groups is 1. The molecule has 1 aromatic rings. The van der Waals surface area contributed by atoms with Crippen LogP contribution in [0, 0.1) is 0 Å². The van der Waals surface area contributed by atoms with Crippen LogP contribution < -0.4 is 10.6 Å². The predicted octanol–water partition coefficient (Wildman–Crippen LogP) is 3.69. The molecule has 0 aliphatic rings. The number of carbonyl (C=O) groups excluding carboxylic acids is 2.